The van der Waals surface area contributed by atoms with Crippen molar-refractivity contribution >= 4 is 22.8 Å². The van der Waals surface area contributed by atoms with Crippen LogP contribution < -0.4 is 10.2 Å². The molecule has 2 aromatic heterocycles. The summed E-state index contributed by atoms with van der Waals surface area (Å²) in [7, 11) is 0. The summed E-state index contributed by atoms with van der Waals surface area (Å²) in [5.74, 6) is 1.73. The van der Waals surface area contributed by atoms with Gasteiger partial charge in [-0.25, -0.2) is 13.8 Å². The van der Waals surface area contributed by atoms with Crippen LogP contribution in [0.25, 0.3) is 16.9 Å². The first kappa shape index (κ1) is 27.3. The molecule has 216 valence electrons. The van der Waals surface area contributed by atoms with Crippen LogP contribution >= 0.6 is 0 Å². The predicted octanol–water partition coefficient (Wildman–Crippen LogP) is 4.67. The molecule has 1 saturated carbocycles. The number of hydrogen-bond donors (Lipinski definition) is 1. The van der Waals surface area contributed by atoms with Gasteiger partial charge in [0.1, 0.15) is 11.6 Å². The van der Waals surface area contributed by atoms with Crippen LogP contribution in [-0.2, 0) is 9.47 Å². The smallest absolute Gasteiger partial charge is 0.296 e. The predicted molar refractivity (Wildman–Crippen MR) is 150 cm³/mol. The molecule has 2 aliphatic heterocycles. The summed E-state index contributed by atoms with van der Waals surface area (Å²) in [6.07, 6.45) is 1.90. The third-order valence-corrected chi connectivity index (χ3v) is 8.57. The summed E-state index contributed by atoms with van der Waals surface area (Å²) in [6.45, 7) is 9.80. The minimum absolute atomic E-state index is 0.0870. The van der Waals surface area contributed by atoms with Gasteiger partial charge in [0.2, 0.25) is 5.95 Å². The third-order valence-electron chi connectivity index (χ3n) is 8.57. The summed E-state index contributed by atoms with van der Waals surface area (Å²) in [4.78, 5) is 18.7. The number of rotatable bonds is 7. The molecule has 1 aromatic carbocycles. The summed E-state index contributed by atoms with van der Waals surface area (Å²) >= 11 is 0. The minimum Gasteiger partial charge on any atom is -0.379 e. The van der Waals surface area contributed by atoms with Crippen LogP contribution in [0.5, 0.6) is 0 Å². The zero-order valence-electron chi connectivity index (χ0n) is 23.3. The molecular weight excluding hydrogens is 516 g/mol. The fraction of sp³-hybridized carbons (Fsp3) is 0.621. The molecule has 0 radical (unpaired) electrons. The van der Waals surface area contributed by atoms with Gasteiger partial charge in [-0.15, -0.1) is 0 Å². The van der Waals surface area contributed by atoms with Crippen molar-refractivity contribution in [3.63, 3.8) is 0 Å². The molecule has 1 N–H and O–H groups in total. The second-order valence-corrected chi connectivity index (χ2v) is 11.3. The van der Waals surface area contributed by atoms with Crippen molar-refractivity contribution in [2.24, 2.45) is 5.92 Å². The molecule has 0 unspecified atom stereocenters. The summed E-state index contributed by atoms with van der Waals surface area (Å²) < 4.78 is 41.2. The lowest BCUT2D eigenvalue weighted by Gasteiger charge is -2.40. The molecule has 0 bridgehead atoms. The summed E-state index contributed by atoms with van der Waals surface area (Å²) in [6, 6.07) is 9.80. The summed E-state index contributed by atoms with van der Waals surface area (Å²) in [5, 5.41) is 3.48. The van der Waals surface area contributed by atoms with Crippen molar-refractivity contribution in [3.8, 4) is 5.82 Å². The number of anilines is 2. The molecule has 3 aromatic rings. The Labute approximate surface area is 233 Å². The van der Waals surface area contributed by atoms with Gasteiger partial charge < -0.3 is 19.7 Å². The van der Waals surface area contributed by atoms with Gasteiger partial charge >= 0.3 is 0 Å². The number of alkyl halides is 2. The van der Waals surface area contributed by atoms with Crippen LogP contribution in [-0.4, -0.2) is 88.6 Å². The third kappa shape index (κ3) is 5.64. The highest BCUT2D eigenvalue weighted by atomic mass is 19.3. The Morgan fingerprint density at radius 3 is 2.35 bits per heavy atom. The van der Waals surface area contributed by atoms with E-state index in [1.54, 1.807) is 24.3 Å². The Bertz CT molecular complexity index is 1280. The molecule has 9 nitrogen and oxygen atoms in total. The van der Waals surface area contributed by atoms with E-state index in [9.17, 15) is 8.78 Å². The van der Waals surface area contributed by atoms with E-state index in [1.807, 2.05) is 6.07 Å². The number of fused-ring (bicyclic) bond motifs is 1. The average molecular weight is 556 g/mol. The molecular formula is C29H39F2N7O2. The van der Waals surface area contributed by atoms with Gasteiger partial charge in [-0.2, -0.15) is 9.97 Å². The van der Waals surface area contributed by atoms with Crippen LogP contribution in [0.2, 0.25) is 0 Å². The van der Waals surface area contributed by atoms with Crippen molar-refractivity contribution < 1.29 is 18.3 Å². The standard InChI is InChI=1S/C29H39F2N7O2/c1-19-17-40-18-20(2)37(19)25-15-26(38-24-6-4-3-5-23(24)33-28(38)27(30)31)35-29(34-25)32-16-21-7-9-22(10-8-21)36-11-13-39-14-12-36/h3-6,15,19-22,27H,7-14,16-18H2,1-2H3,(H,32,34,35)/t19-,20-,21?,22?/m0/s1. The van der Waals surface area contributed by atoms with Gasteiger partial charge in [-0.1, -0.05) is 12.1 Å². The molecule has 4 heterocycles. The molecule has 2 saturated heterocycles. The number of para-hydroxylation sites is 2. The average Bonchev–Trinajstić information content (AvgIpc) is 3.37. The number of morpholine rings is 2. The highest BCUT2D eigenvalue weighted by molar-refractivity contribution is 5.78. The van der Waals surface area contributed by atoms with E-state index in [-0.39, 0.29) is 17.9 Å². The molecule has 11 heteroatoms. The van der Waals surface area contributed by atoms with E-state index < -0.39 is 6.43 Å². The maximum atomic E-state index is 14.2. The molecule has 0 amide bonds. The fourth-order valence-corrected chi connectivity index (χ4v) is 6.53. The van der Waals surface area contributed by atoms with Crippen LogP contribution in [0.15, 0.2) is 30.3 Å². The van der Waals surface area contributed by atoms with Crippen LogP contribution in [0.4, 0.5) is 20.5 Å². The minimum atomic E-state index is -2.75. The van der Waals surface area contributed by atoms with Crippen molar-refractivity contribution in [1.29, 1.82) is 0 Å². The van der Waals surface area contributed by atoms with Gasteiger partial charge in [0.05, 0.1) is 49.5 Å². The quantitative estimate of drug-likeness (QED) is 0.451. The van der Waals surface area contributed by atoms with Gasteiger partial charge in [0, 0.05) is 31.7 Å². The SMILES string of the molecule is C[C@H]1COC[C@H](C)N1c1cc(-n2c(C(F)F)nc3ccccc32)nc(NCC2CCC(N3CCOCC3)CC2)n1. The van der Waals surface area contributed by atoms with Gasteiger partial charge in [0.25, 0.3) is 6.43 Å². The highest BCUT2D eigenvalue weighted by Gasteiger charge is 2.30. The highest BCUT2D eigenvalue weighted by Crippen LogP contribution is 2.32. The van der Waals surface area contributed by atoms with Crippen LogP contribution in [0.3, 0.4) is 0 Å². The Balaban J connectivity index is 1.27. The topological polar surface area (TPSA) is 80.6 Å². The van der Waals surface area contributed by atoms with E-state index in [1.165, 1.54) is 17.4 Å². The van der Waals surface area contributed by atoms with E-state index in [0.29, 0.717) is 53.8 Å². The fourth-order valence-electron chi connectivity index (χ4n) is 6.53. The Morgan fingerprint density at radius 1 is 0.925 bits per heavy atom. The number of halogens is 2. The second-order valence-electron chi connectivity index (χ2n) is 11.3. The first-order valence-corrected chi connectivity index (χ1v) is 14.5. The lowest BCUT2D eigenvalue weighted by atomic mass is 9.85. The zero-order valence-corrected chi connectivity index (χ0v) is 23.3. The number of benzene rings is 1. The lowest BCUT2D eigenvalue weighted by Crippen LogP contribution is -2.50. The molecule has 3 aliphatic rings. The maximum Gasteiger partial charge on any atom is 0.296 e. The van der Waals surface area contributed by atoms with E-state index in [0.717, 1.165) is 45.7 Å². The van der Waals surface area contributed by atoms with Gasteiger partial charge in [0.15, 0.2) is 5.82 Å². The van der Waals surface area contributed by atoms with Crippen molar-refractivity contribution in [3.05, 3.63) is 36.2 Å². The number of nitrogens with one attached hydrogen (secondary N) is 1. The molecule has 1 aliphatic carbocycles. The van der Waals surface area contributed by atoms with E-state index >= 15 is 0 Å². The Kier molecular flexibility index (Phi) is 8.13. The number of aromatic nitrogens is 4. The normalized spacial score (nSPS) is 26.5. The first-order chi connectivity index (χ1) is 19.5. The summed E-state index contributed by atoms with van der Waals surface area (Å²) in [5.41, 5.74) is 1.11. The monoisotopic (exact) mass is 555 g/mol. The molecule has 6 rings (SSSR count). The van der Waals surface area contributed by atoms with Crippen molar-refractivity contribution in [2.45, 2.75) is 64.1 Å². The van der Waals surface area contributed by atoms with Crippen LogP contribution in [0.1, 0.15) is 51.8 Å². The van der Waals surface area contributed by atoms with E-state index in [4.69, 9.17) is 19.4 Å². The second kappa shape index (κ2) is 11.9. The van der Waals surface area contributed by atoms with Crippen molar-refractivity contribution in [1.82, 2.24) is 24.4 Å². The number of hydrogen-bond acceptors (Lipinski definition) is 8. The number of ether oxygens (including phenoxy) is 2. The van der Waals surface area contributed by atoms with E-state index in [2.05, 4.69) is 33.9 Å². The lowest BCUT2D eigenvalue weighted by molar-refractivity contribution is 0.00539. The van der Waals surface area contributed by atoms with Gasteiger partial charge in [-0.3, -0.25) is 9.47 Å². The molecule has 0 spiro atoms. The maximum absolute atomic E-state index is 14.2. The van der Waals surface area contributed by atoms with Gasteiger partial charge in [-0.05, 0) is 57.6 Å². The van der Waals surface area contributed by atoms with Crippen molar-refractivity contribution in [2.75, 3.05) is 56.3 Å². The number of imidazole rings is 1. The Hall–Kier alpha value is -2.89. The van der Waals surface area contributed by atoms with Crippen LogP contribution in [0, 0.1) is 5.92 Å². The molecule has 40 heavy (non-hydrogen) atoms. The molecule has 2 atom stereocenters. The largest absolute Gasteiger partial charge is 0.379 e. The first-order valence-electron chi connectivity index (χ1n) is 14.5. The number of nitrogens with zero attached hydrogens (tertiary/aromatic N) is 6. The zero-order chi connectivity index (χ0) is 27.6. The molecule has 3 fully saturated rings. The Morgan fingerprint density at radius 2 is 1.62 bits per heavy atom.